The Balaban J connectivity index is 1.80. The summed E-state index contributed by atoms with van der Waals surface area (Å²) in [6.07, 6.45) is 4.24. The number of aromatic nitrogens is 1. The lowest BCUT2D eigenvalue weighted by molar-refractivity contribution is -0.386. The number of hydrogen-bond donors (Lipinski definition) is 1. The van der Waals surface area contributed by atoms with Crippen molar-refractivity contribution in [2.75, 3.05) is 7.11 Å². The molecule has 1 aromatic heterocycles. The van der Waals surface area contributed by atoms with Crippen molar-refractivity contribution in [3.8, 4) is 11.5 Å². The molecule has 158 valence electrons. The molecular weight excluding hydrogens is 400 g/mol. The van der Waals surface area contributed by atoms with E-state index in [1.54, 1.807) is 18.3 Å². The third-order valence-corrected chi connectivity index (χ3v) is 4.24. The topological polar surface area (TPSA) is 116 Å². The fourth-order valence-corrected chi connectivity index (χ4v) is 2.80. The molecule has 0 unspecified atom stereocenters. The van der Waals surface area contributed by atoms with E-state index in [1.807, 2.05) is 31.2 Å². The summed E-state index contributed by atoms with van der Waals surface area (Å²) in [6, 6.07) is 13.7. The summed E-state index contributed by atoms with van der Waals surface area (Å²) in [5.74, 6) is -0.253. The Labute approximate surface area is 178 Å². The molecule has 0 atom stereocenters. The molecule has 9 nitrogen and oxygen atoms in total. The van der Waals surface area contributed by atoms with E-state index in [2.05, 4.69) is 15.5 Å². The number of pyridine rings is 1. The third kappa shape index (κ3) is 5.63. The highest BCUT2D eigenvalue weighted by Crippen LogP contribution is 2.38. The molecule has 0 aliphatic heterocycles. The molecule has 9 heteroatoms. The van der Waals surface area contributed by atoms with E-state index in [0.29, 0.717) is 11.1 Å². The summed E-state index contributed by atoms with van der Waals surface area (Å²) in [6.45, 7) is 2.10. The van der Waals surface area contributed by atoms with Gasteiger partial charge in [0, 0.05) is 24.0 Å². The van der Waals surface area contributed by atoms with Gasteiger partial charge in [0.05, 0.1) is 23.8 Å². The van der Waals surface area contributed by atoms with Crippen molar-refractivity contribution in [3.63, 3.8) is 0 Å². The highest BCUT2D eigenvalue weighted by Gasteiger charge is 2.22. The van der Waals surface area contributed by atoms with Crippen LogP contribution in [0, 0.1) is 17.0 Å². The second-order valence-electron chi connectivity index (χ2n) is 6.55. The zero-order chi connectivity index (χ0) is 22.2. The zero-order valence-corrected chi connectivity index (χ0v) is 16.9. The Morgan fingerprint density at radius 1 is 1.26 bits per heavy atom. The van der Waals surface area contributed by atoms with Gasteiger partial charge in [0.15, 0.2) is 5.75 Å². The molecule has 0 aliphatic carbocycles. The maximum Gasteiger partial charge on any atom is 0.315 e. The highest BCUT2D eigenvalue weighted by atomic mass is 16.6. The zero-order valence-electron chi connectivity index (χ0n) is 16.9. The number of ether oxygens (including phenoxy) is 2. The second-order valence-corrected chi connectivity index (χ2v) is 6.55. The fraction of sp³-hybridized carbons (Fsp3) is 0.136. The molecular formula is C22H20N4O5. The van der Waals surface area contributed by atoms with E-state index in [-0.39, 0.29) is 23.8 Å². The van der Waals surface area contributed by atoms with Crippen molar-refractivity contribution in [2.45, 2.75) is 13.5 Å². The number of rotatable bonds is 8. The van der Waals surface area contributed by atoms with Crippen LogP contribution in [0.25, 0.3) is 0 Å². The fourth-order valence-electron chi connectivity index (χ4n) is 2.80. The maximum atomic E-state index is 12.0. The standard InChI is InChI=1S/C22H20N4O5/c1-15-5-3-6-16(9-15)14-31-21-19(26(28)29)10-17(11-20(21)30-2)12-24-25-22(27)18-7-4-8-23-13-18/h3-13H,14H2,1-2H3,(H,25,27)/b24-12-. The summed E-state index contributed by atoms with van der Waals surface area (Å²) in [5, 5.41) is 15.5. The number of carbonyl (C=O) groups is 1. The summed E-state index contributed by atoms with van der Waals surface area (Å²) >= 11 is 0. The van der Waals surface area contributed by atoms with Crippen LogP contribution in [0.2, 0.25) is 0 Å². The van der Waals surface area contributed by atoms with E-state index in [0.717, 1.165) is 11.1 Å². The largest absolute Gasteiger partial charge is 0.493 e. The van der Waals surface area contributed by atoms with Crippen molar-refractivity contribution in [1.29, 1.82) is 0 Å². The van der Waals surface area contributed by atoms with Gasteiger partial charge in [0.2, 0.25) is 5.75 Å². The smallest absolute Gasteiger partial charge is 0.315 e. The SMILES string of the molecule is COc1cc(/C=N\NC(=O)c2cccnc2)cc([N+](=O)[O-])c1OCc1cccc(C)c1. The Kier molecular flexibility index (Phi) is 6.89. The number of hydrogen-bond acceptors (Lipinski definition) is 7. The second kappa shape index (κ2) is 9.97. The molecule has 0 saturated carbocycles. The molecule has 0 saturated heterocycles. The minimum absolute atomic E-state index is 0.0190. The number of nitrogens with zero attached hydrogens (tertiary/aromatic N) is 3. The number of benzene rings is 2. The number of nitro groups is 1. The quantitative estimate of drug-likeness (QED) is 0.338. The molecule has 0 fully saturated rings. The van der Waals surface area contributed by atoms with Gasteiger partial charge < -0.3 is 9.47 Å². The van der Waals surface area contributed by atoms with Gasteiger partial charge in [-0.15, -0.1) is 0 Å². The van der Waals surface area contributed by atoms with Crippen molar-refractivity contribution in [3.05, 3.63) is 93.3 Å². The molecule has 0 spiro atoms. The summed E-state index contributed by atoms with van der Waals surface area (Å²) in [5.41, 5.74) is 4.71. The van der Waals surface area contributed by atoms with Crippen molar-refractivity contribution in [2.24, 2.45) is 5.10 Å². The van der Waals surface area contributed by atoms with Gasteiger partial charge in [-0.2, -0.15) is 5.10 Å². The first-order valence-electron chi connectivity index (χ1n) is 9.26. The highest BCUT2D eigenvalue weighted by molar-refractivity contribution is 5.94. The first kappa shape index (κ1) is 21.4. The van der Waals surface area contributed by atoms with Crippen LogP contribution in [0.3, 0.4) is 0 Å². The van der Waals surface area contributed by atoms with E-state index >= 15 is 0 Å². The Morgan fingerprint density at radius 2 is 2.10 bits per heavy atom. The Hall–Kier alpha value is -4.27. The molecule has 31 heavy (non-hydrogen) atoms. The van der Waals surface area contributed by atoms with Gasteiger partial charge in [0.25, 0.3) is 5.91 Å². The molecule has 2 aromatic carbocycles. The normalized spacial score (nSPS) is 10.6. The predicted octanol–water partition coefficient (Wildman–Crippen LogP) is 3.65. The van der Waals surface area contributed by atoms with Crippen molar-refractivity contribution in [1.82, 2.24) is 10.4 Å². The van der Waals surface area contributed by atoms with Crippen LogP contribution >= 0.6 is 0 Å². The molecule has 1 amide bonds. The summed E-state index contributed by atoms with van der Waals surface area (Å²) in [7, 11) is 1.39. The molecule has 1 heterocycles. The summed E-state index contributed by atoms with van der Waals surface area (Å²) < 4.78 is 11.0. The Morgan fingerprint density at radius 3 is 2.77 bits per heavy atom. The predicted molar refractivity (Wildman–Crippen MR) is 114 cm³/mol. The molecule has 0 aliphatic rings. The van der Waals surface area contributed by atoms with E-state index in [9.17, 15) is 14.9 Å². The van der Waals surface area contributed by atoms with Crippen LogP contribution in [-0.4, -0.2) is 29.1 Å². The molecule has 3 aromatic rings. The van der Waals surface area contributed by atoms with Gasteiger partial charge >= 0.3 is 5.69 Å². The van der Waals surface area contributed by atoms with Gasteiger partial charge in [-0.25, -0.2) is 5.43 Å². The third-order valence-electron chi connectivity index (χ3n) is 4.24. The van der Waals surface area contributed by atoms with Crippen molar-refractivity contribution >= 4 is 17.8 Å². The van der Waals surface area contributed by atoms with Gasteiger partial charge in [-0.05, 0) is 30.7 Å². The number of carbonyl (C=O) groups excluding carboxylic acids is 1. The number of nitro benzene ring substituents is 1. The minimum atomic E-state index is -0.556. The van der Waals surface area contributed by atoms with Crippen LogP contribution in [0.5, 0.6) is 11.5 Å². The van der Waals surface area contributed by atoms with Crippen LogP contribution in [0.1, 0.15) is 27.0 Å². The first-order valence-corrected chi connectivity index (χ1v) is 9.26. The average molecular weight is 420 g/mol. The maximum absolute atomic E-state index is 12.0. The number of methoxy groups -OCH3 is 1. The van der Waals surface area contributed by atoms with E-state index in [4.69, 9.17) is 9.47 Å². The number of aryl methyl sites for hydroxylation is 1. The van der Waals surface area contributed by atoms with Gasteiger partial charge in [-0.1, -0.05) is 29.8 Å². The lowest BCUT2D eigenvalue weighted by atomic mass is 10.1. The number of hydrazone groups is 1. The van der Waals surface area contributed by atoms with Crippen LogP contribution < -0.4 is 14.9 Å². The van der Waals surface area contributed by atoms with E-state index in [1.165, 1.54) is 31.7 Å². The van der Waals surface area contributed by atoms with Gasteiger partial charge in [-0.3, -0.25) is 19.9 Å². The number of amides is 1. The molecule has 3 rings (SSSR count). The lowest BCUT2D eigenvalue weighted by Crippen LogP contribution is -2.17. The first-order chi connectivity index (χ1) is 15.0. The molecule has 0 bridgehead atoms. The Bertz CT molecular complexity index is 1120. The van der Waals surface area contributed by atoms with E-state index < -0.39 is 10.8 Å². The van der Waals surface area contributed by atoms with Crippen molar-refractivity contribution < 1.29 is 19.2 Å². The molecule has 1 N–H and O–H groups in total. The van der Waals surface area contributed by atoms with Gasteiger partial charge in [0.1, 0.15) is 6.61 Å². The average Bonchev–Trinajstić information content (AvgIpc) is 2.78. The monoisotopic (exact) mass is 420 g/mol. The van der Waals surface area contributed by atoms with Crippen LogP contribution in [-0.2, 0) is 6.61 Å². The van der Waals surface area contributed by atoms with Crippen LogP contribution in [0.15, 0.2) is 66.0 Å². The number of nitrogens with one attached hydrogen (secondary N) is 1. The summed E-state index contributed by atoms with van der Waals surface area (Å²) in [4.78, 5) is 26.9. The van der Waals surface area contributed by atoms with Crippen LogP contribution in [0.4, 0.5) is 5.69 Å². The molecule has 0 radical (unpaired) electrons. The minimum Gasteiger partial charge on any atom is -0.493 e. The lowest BCUT2D eigenvalue weighted by Gasteiger charge is -2.12.